The molecule has 0 radical (unpaired) electrons. The summed E-state index contributed by atoms with van der Waals surface area (Å²) in [4.78, 5) is 25.2. The predicted molar refractivity (Wildman–Crippen MR) is 119 cm³/mol. The average molecular weight is 596 g/mol. The molecule has 0 saturated carbocycles. The molecule has 2 aromatic carbocycles. The van der Waals surface area contributed by atoms with Crippen molar-refractivity contribution in [1.29, 1.82) is 0 Å². The van der Waals surface area contributed by atoms with E-state index < -0.39 is 55.7 Å². The van der Waals surface area contributed by atoms with Crippen LogP contribution in [0.2, 0.25) is 0 Å². The Bertz CT molecular complexity index is 1520. The normalized spacial score (nSPS) is 15.5. The summed E-state index contributed by atoms with van der Waals surface area (Å²) in [6.07, 6.45) is 0. The van der Waals surface area contributed by atoms with E-state index in [1.165, 1.54) is 0 Å². The second-order valence-corrected chi connectivity index (χ2v) is 9.86. The summed E-state index contributed by atoms with van der Waals surface area (Å²) >= 11 is 2.92. The van der Waals surface area contributed by atoms with E-state index in [-0.39, 0.29) is 35.6 Å². The van der Waals surface area contributed by atoms with Crippen LogP contribution >= 0.6 is 15.9 Å². The van der Waals surface area contributed by atoms with Crippen molar-refractivity contribution in [2.24, 2.45) is 0 Å². The van der Waals surface area contributed by atoms with Gasteiger partial charge < -0.3 is 18.8 Å². The van der Waals surface area contributed by atoms with Crippen LogP contribution in [0.1, 0.15) is 22.0 Å². The third-order valence-electron chi connectivity index (χ3n) is 5.19. The van der Waals surface area contributed by atoms with Crippen LogP contribution in [0.25, 0.3) is 10.9 Å². The largest absolute Gasteiger partial charge is 0.534 e. The van der Waals surface area contributed by atoms with Crippen molar-refractivity contribution in [2.45, 2.75) is 18.2 Å². The van der Waals surface area contributed by atoms with E-state index in [4.69, 9.17) is 9.47 Å². The minimum absolute atomic E-state index is 0.103. The van der Waals surface area contributed by atoms with Crippen molar-refractivity contribution < 1.29 is 49.5 Å². The molecular weight excluding hydrogens is 582 g/mol. The monoisotopic (exact) mass is 595 g/mol. The van der Waals surface area contributed by atoms with E-state index in [0.717, 1.165) is 10.1 Å². The number of benzene rings is 2. The molecule has 0 fully saturated rings. The lowest BCUT2D eigenvalue weighted by Gasteiger charge is -2.30. The molecule has 9 nitrogen and oxygen atoms in total. The Morgan fingerprint density at radius 1 is 1.25 bits per heavy atom. The molecule has 0 amide bonds. The highest BCUT2D eigenvalue weighted by atomic mass is 79.9. The molecule has 2 heterocycles. The van der Waals surface area contributed by atoms with E-state index in [0.29, 0.717) is 6.07 Å². The van der Waals surface area contributed by atoms with E-state index in [1.807, 2.05) is 0 Å². The number of carboxylic acid groups (broad SMARTS) is 1. The van der Waals surface area contributed by atoms with Crippen molar-refractivity contribution in [3.63, 3.8) is 0 Å². The topological polar surface area (TPSA) is 121 Å². The van der Waals surface area contributed by atoms with Gasteiger partial charge in [0.15, 0.2) is 17.1 Å². The third-order valence-corrected chi connectivity index (χ3v) is 6.88. The number of hydrogen-bond acceptors (Lipinski definition) is 7. The summed E-state index contributed by atoms with van der Waals surface area (Å²) in [5.74, 6) is -5.06. The number of carbonyl (C=O) groups is 1. The Balaban J connectivity index is 1.91. The number of pyridine rings is 1. The molecular formula is C21H14BrF4NO8S. The standard InChI is InChI=1S/C21H14BrF4NO8S/c22-15-13(23)6-12-16-18(15)34-9-11(8-33-7-10-4-2-1-3-5-10)27(16)19(28)14(20(29)30)17(12)35-36(31,32)21(24,25)26/h1-6,11H,7-9H2,(H,29,30)/t11-/m0/s1. The number of nitrogens with zero attached hydrogens (tertiary/aromatic N) is 1. The van der Waals surface area contributed by atoms with Gasteiger partial charge in [0.2, 0.25) is 0 Å². The first-order valence-corrected chi connectivity index (χ1v) is 12.1. The van der Waals surface area contributed by atoms with Crippen LogP contribution in [0, 0.1) is 5.82 Å². The number of halogens is 5. The number of rotatable bonds is 7. The second kappa shape index (κ2) is 9.37. The first-order chi connectivity index (χ1) is 16.8. The maximum Gasteiger partial charge on any atom is 0.534 e. The van der Waals surface area contributed by atoms with Crippen molar-refractivity contribution in [3.8, 4) is 11.5 Å². The fourth-order valence-electron chi connectivity index (χ4n) is 3.64. The van der Waals surface area contributed by atoms with E-state index in [1.54, 1.807) is 30.3 Å². The summed E-state index contributed by atoms with van der Waals surface area (Å²) in [6.45, 7) is -0.399. The number of hydrogen-bond donors (Lipinski definition) is 1. The van der Waals surface area contributed by atoms with Gasteiger partial charge in [0, 0.05) is 0 Å². The van der Waals surface area contributed by atoms with Crippen LogP contribution in [-0.4, -0.2) is 42.8 Å². The molecule has 0 saturated heterocycles. The molecule has 192 valence electrons. The quantitative estimate of drug-likeness (QED) is 0.247. The van der Waals surface area contributed by atoms with Crippen LogP contribution in [0.15, 0.2) is 45.7 Å². The Kier molecular flexibility index (Phi) is 6.74. The molecule has 0 spiro atoms. The van der Waals surface area contributed by atoms with Crippen molar-refractivity contribution in [3.05, 3.63) is 68.2 Å². The van der Waals surface area contributed by atoms with Crippen LogP contribution in [0.4, 0.5) is 17.6 Å². The lowest BCUT2D eigenvalue weighted by molar-refractivity contribution is -0.0500. The highest BCUT2D eigenvalue weighted by Crippen LogP contribution is 2.44. The van der Waals surface area contributed by atoms with E-state index in [2.05, 4.69) is 20.1 Å². The number of ether oxygens (including phenoxy) is 2. The molecule has 0 bridgehead atoms. The lowest BCUT2D eigenvalue weighted by Crippen LogP contribution is -2.38. The maximum absolute atomic E-state index is 14.6. The highest BCUT2D eigenvalue weighted by molar-refractivity contribution is 9.10. The zero-order valence-electron chi connectivity index (χ0n) is 17.7. The fourth-order valence-corrected chi connectivity index (χ4v) is 4.54. The third kappa shape index (κ3) is 4.53. The summed E-state index contributed by atoms with van der Waals surface area (Å²) in [5, 5.41) is 8.88. The van der Waals surface area contributed by atoms with Gasteiger partial charge in [-0.25, -0.2) is 9.18 Å². The maximum atomic E-state index is 14.6. The van der Waals surface area contributed by atoms with Gasteiger partial charge >= 0.3 is 21.6 Å². The summed E-state index contributed by atoms with van der Waals surface area (Å²) in [7, 11) is -6.42. The second-order valence-electron chi connectivity index (χ2n) is 7.53. The SMILES string of the molecule is O=C(O)c1c(OS(=O)(=O)C(F)(F)F)c2cc(F)c(Br)c3c2n(c1=O)[C@@H](COCc1ccccc1)CO3. The highest BCUT2D eigenvalue weighted by Gasteiger charge is 2.50. The first-order valence-electron chi connectivity index (χ1n) is 9.92. The molecule has 0 aliphatic carbocycles. The zero-order chi connectivity index (χ0) is 26.4. The number of aromatic nitrogens is 1. The Morgan fingerprint density at radius 3 is 2.53 bits per heavy atom. The van der Waals surface area contributed by atoms with Gasteiger partial charge in [0.1, 0.15) is 12.4 Å². The van der Waals surface area contributed by atoms with Crippen LogP contribution < -0.4 is 14.5 Å². The van der Waals surface area contributed by atoms with Crippen LogP contribution in [0.5, 0.6) is 11.5 Å². The Labute approximate surface area is 208 Å². The van der Waals surface area contributed by atoms with Gasteiger partial charge in [-0.3, -0.25) is 9.36 Å². The molecule has 36 heavy (non-hydrogen) atoms. The number of carboxylic acids is 1. The van der Waals surface area contributed by atoms with Gasteiger partial charge in [-0.2, -0.15) is 21.6 Å². The first kappa shape index (κ1) is 25.9. The molecule has 3 aromatic rings. The van der Waals surface area contributed by atoms with Gasteiger partial charge in [-0.15, -0.1) is 0 Å². The predicted octanol–water partition coefficient (Wildman–Crippen LogP) is 3.98. The molecule has 1 aliphatic rings. The molecule has 4 rings (SSSR count). The minimum Gasteiger partial charge on any atom is -0.488 e. The molecule has 1 aliphatic heterocycles. The van der Waals surface area contributed by atoms with Crippen molar-refractivity contribution in [1.82, 2.24) is 4.57 Å². The number of alkyl halides is 3. The molecule has 15 heteroatoms. The summed E-state index contributed by atoms with van der Waals surface area (Å²) in [5.41, 5.74) is -8.37. The fraction of sp³-hybridized carbons (Fsp3) is 0.238. The average Bonchev–Trinajstić information content (AvgIpc) is 2.79. The minimum atomic E-state index is -6.42. The van der Waals surface area contributed by atoms with Crippen LogP contribution in [0.3, 0.4) is 0 Å². The van der Waals surface area contributed by atoms with Crippen molar-refractivity contribution >= 4 is 42.9 Å². The van der Waals surface area contributed by atoms with Gasteiger partial charge in [0.05, 0.1) is 34.6 Å². The number of aromatic carboxylic acids is 1. The Hall–Kier alpha value is -3.17. The molecule has 1 atom stereocenters. The van der Waals surface area contributed by atoms with Gasteiger partial charge in [-0.05, 0) is 27.6 Å². The lowest BCUT2D eigenvalue weighted by atomic mass is 10.1. The van der Waals surface area contributed by atoms with Gasteiger partial charge in [0.25, 0.3) is 5.56 Å². The molecule has 1 N–H and O–H groups in total. The molecule has 0 unspecified atom stereocenters. The molecule has 1 aromatic heterocycles. The Morgan fingerprint density at radius 2 is 1.92 bits per heavy atom. The smallest absolute Gasteiger partial charge is 0.488 e. The van der Waals surface area contributed by atoms with Gasteiger partial charge in [-0.1, -0.05) is 30.3 Å². The van der Waals surface area contributed by atoms with E-state index >= 15 is 0 Å². The van der Waals surface area contributed by atoms with Crippen molar-refractivity contribution in [2.75, 3.05) is 13.2 Å². The summed E-state index contributed by atoms with van der Waals surface area (Å²) < 4.78 is 92.8. The summed E-state index contributed by atoms with van der Waals surface area (Å²) in [6, 6.07) is 8.42. The van der Waals surface area contributed by atoms with E-state index in [9.17, 15) is 40.7 Å². The van der Waals surface area contributed by atoms with Crippen LogP contribution in [-0.2, 0) is 21.5 Å². The zero-order valence-corrected chi connectivity index (χ0v) is 20.1.